The number of aromatic amines is 1. The van der Waals surface area contributed by atoms with Crippen LogP contribution in [0.2, 0.25) is 0 Å². The number of nitrogens with one attached hydrogen (secondary N) is 2. The molecule has 2 aromatic carbocycles. The van der Waals surface area contributed by atoms with E-state index in [0.717, 1.165) is 72.7 Å². The number of carboxylic acid groups (broad SMARTS) is 1. The number of pyridine rings is 1. The Kier molecular flexibility index (Phi) is 21.2. The van der Waals surface area contributed by atoms with Gasteiger partial charge in [0.05, 0.1) is 78.9 Å². The molecule has 16 nitrogen and oxygen atoms in total. The molecule has 2 aliphatic rings. The molecule has 0 radical (unpaired) electrons. The molecule has 64 heavy (non-hydrogen) atoms. The summed E-state index contributed by atoms with van der Waals surface area (Å²) in [5.74, 6) is -1.01. The molecule has 3 N–H and O–H groups in total. The van der Waals surface area contributed by atoms with Crippen LogP contribution in [0.3, 0.4) is 0 Å². The number of piperazine rings is 1. The maximum Gasteiger partial charge on any atom is 0.305 e. The first-order chi connectivity index (χ1) is 31.0. The van der Waals surface area contributed by atoms with Gasteiger partial charge in [0.15, 0.2) is 0 Å². The smallest absolute Gasteiger partial charge is 0.305 e. The van der Waals surface area contributed by atoms with Crippen molar-refractivity contribution in [1.29, 1.82) is 0 Å². The number of ether oxygens (including phenoxy) is 6. The van der Waals surface area contributed by atoms with Crippen LogP contribution < -0.4 is 15.8 Å². The lowest BCUT2D eigenvalue weighted by Gasteiger charge is -2.37. The largest absolute Gasteiger partial charge is 0.481 e. The van der Waals surface area contributed by atoms with Crippen molar-refractivity contribution in [3.8, 4) is 11.1 Å². The Morgan fingerprint density at radius 1 is 0.781 bits per heavy atom. The molecular formula is C48H69N5O11. The summed E-state index contributed by atoms with van der Waals surface area (Å²) in [6.07, 6.45) is 2.16. The van der Waals surface area contributed by atoms with Crippen molar-refractivity contribution in [3.05, 3.63) is 86.3 Å². The zero-order chi connectivity index (χ0) is 45.7. The topological polar surface area (TPSA) is 181 Å². The highest BCUT2D eigenvalue weighted by Crippen LogP contribution is 2.34. The fraction of sp³-hybridized carbons (Fsp3) is 0.583. The van der Waals surface area contributed by atoms with Crippen molar-refractivity contribution in [1.82, 2.24) is 20.1 Å². The minimum atomic E-state index is -0.885. The van der Waals surface area contributed by atoms with Gasteiger partial charge in [-0.05, 0) is 86.6 Å². The summed E-state index contributed by atoms with van der Waals surface area (Å²) in [6, 6.07) is 14.9. The molecule has 2 amide bonds. The number of aromatic nitrogens is 1. The second kappa shape index (κ2) is 27.0. The van der Waals surface area contributed by atoms with Gasteiger partial charge in [0.1, 0.15) is 0 Å². The van der Waals surface area contributed by atoms with Crippen molar-refractivity contribution < 1.29 is 47.9 Å². The highest BCUT2D eigenvalue weighted by atomic mass is 16.6. The number of rotatable bonds is 27. The summed E-state index contributed by atoms with van der Waals surface area (Å²) in [7, 11) is 0. The van der Waals surface area contributed by atoms with Crippen LogP contribution in [0.4, 0.5) is 5.69 Å². The molecular weight excluding hydrogens is 823 g/mol. The maximum atomic E-state index is 14.0. The zero-order valence-corrected chi connectivity index (χ0v) is 38.3. The number of aliphatic carboxylic acids is 1. The van der Waals surface area contributed by atoms with Crippen molar-refractivity contribution in [2.75, 3.05) is 117 Å². The first kappa shape index (κ1) is 50.3. The number of amides is 2. The Balaban J connectivity index is 1.04. The summed E-state index contributed by atoms with van der Waals surface area (Å²) in [5, 5.41) is 11.6. The standard InChI is InChI=1S/C48H69N5O11/c1-5-53(41-10-18-59-19-11-41)44-32-40(31-42(37(44)4)47(57)49-33-43-35(2)30-36(3)50-48(43)58)39-8-6-38(7-9-39)34-51-14-16-52(17-15-51)45(54)12-20-60-22-24-62-26-28-64-29-27-63-25-23-61-21-13-46(55)56/h6-9,30-32,41H,5,10-29,33-34H2,1-4H3,(H,49,57)(H,50,58)(H,55,56). The van der Waals surface area contributed by atoms with Crippen LogP contribution in [0.5, 0.6) is 0 Å². The van der Waals surface area contributed by atoms with Crippen LogP contribution in [0.25, 0.3) is 11.1 Å². The monoisotopic (exact) mass is 891 g/mol. The van der Waals surface area contributed by atoms with Crippen LogP contribution >= 0.6 is 0 Å². The summed E-state index contributed by atoms with van der Waals surface area (Å²) < 4.78 is 32.8. The first-order valence-electron chi connectivity index (χ1n) is 22.7. The number of hydrogen-bond acceptors (Lipinski definition) is 12. The summed E-state index contributed by atoms with van der Waals surface area (Å²) in [5.41, 5.74) is 7.67. The third-order valence-corrected chi connectivity index (χ3v) is 11.7. The number of anilines is 1. The lowest BCUT2D eigenvalue weighted by molar-refractivity contribution is -0.138. The maximum absolute atomic E-state index is 14.0. The predicted octanol–water partition coefficient (Wildman–Crippen LogP) is 4.49. The second-order valence-electron chi connectivity index (χ2n) is 16.2. The highest BCUT2D eigenvalue weighted by molar-refractivity contribution is 5.99. The van der Waals surface area contributed by atoms with Gasteiger partial charge in [0, 0.05) is 87.6 Å². The van der Waals surface area contributed by atoms with Gasteiger partial charge in [-0.1, -0.05) is 24.3 Å². The van der Waals surface area contributed by atoms with E-state index in [1.165, 1.54) is 5.56 Å². The van der Waals surface area contributed by atoms with Gasteiger partial charge in [-0.25, -0.2) is 0 Å². The summed E-state index contributed by atoms with van der Waals surface area (Å²) in [4.78, 5) is 59.6. The van der Waals surface area contributed by atoms with E-state index < -0.39 is 5.97 Å². The van der Waals surface area contributed by atoms with Crippen molar-refractivity contribution in [2.24, 2.45) is 0 Å². The van der Waals surface area contributed by atoms with Crippen LogP contribution in [0, 0.1) is 20.8 Å². The third kappa shape index (κ3) is 16.1. The van der Waals surface area contributed by atoms with Crippen molar-refractivity contribution >= 4 is 23.5 Å². The highest BCUT2D eigenvalue weighted by Gasteiger charge is 2.26. The summed E-state index contributed by atoms with van der Waals surface area (Å²) >= 11 is 0. The van der Waals surface area contributed by atoms with Crippen LogP contribution in [0.15, 0.2) is 47.3 Å². The normalized spacial score (nSPS) is 14.8. The van der Waals surface area contributed by atoms with Gasteiger partial charge in [0.2, 0.25) is 5.91 Å². The average Bonchev–Trinajstić information content (AvgIpc) is 3.28. The number of carbonyl (C=O) groups is 3. The number of benzene rings is 2. The Hall–Kier alpha value is -4.68. The number of nitrogens with zero attached hydrogens (tertiary/aromatic N) is 3. The summed E-state index contributed by atoms with van der Waals surface area (Å²) in [6.45, 7) is 17.7. The van der Waals surface area contributed by atoms with Gasteiger partial charge < -0.3 is 53.6 Å². The fourth-order valence-corrected chi connectivity index (χ4v) is 8.06. The van der Waals surface area contributed by atoms with Crippen molar-refractivity contribution in [3.63, 3.8) is 0 Å². The number of hydrogen-bond donors (Lipinski definition) is 3. The van der Waals surface area contributed by atoms with Gasteiger partial charge in [0.25, 0.3) is 11.5 Å². The average molecular weight is 892 g/mol. The fourth-order valence-electron chi connectivity index (χ4n) is 8.06. The van der Waals surface area contributed by atoms with E-state index in [-0.39, 0.29) is 36.9 Å². The quantitative estimate of drug-likeness (QED) is 0.0913. The molecule has 0 bridgehead atoms. The number of aryl methyl sites for hydroxylation is 2. The van der Waals surface area contributed by atoms with E-state index in [0.29, 0.717) is 109 Å². The minimum Gasteiger partial charge on any atom is -0.481 e. The van der Waals surface area contributed by atoms with E-state index in [4.69, 9.17) is 33.5 Å². The molecule has 0 saturated carbocycles. The Morgan fingerprint density at radius 2 is 1.36 bits per heavy atom. The number of carboxylic acids is 1. The van der Waals surface area contributed by atoms with E-state index >= 15 is 0 Å². The lowest BCUT2D eigenvalue weighted by Crippen LogP contribution is -2.48. The molecule has 3 aromatic rings. The van der Waals surface area contributed by atoms with Gasteiger partial charge >= 0.3 is 5.97 Å². The zero-order valence-electron chi connectivity index (χ0n) is 38.3. The SMILES string of the molecule is CCN(c1cc(-c2ccc(CN3CCN(C(=O)CCOCCOCCOCCOCCOCCC(=O)O)CC3)cc2)cc(C(=O)NCc2c(C)cc(C)[nH]c2=O)c1C)C1CCOCC1. The Morgan fingerprint density at radius 3 is 1.92 bits per heavy atom. The number of carbonyl (C=O) groups excluding carboxylic acids is 2. The Bertz CT molecular complexity index is 1980. The van der Waals surface area contributed by atoms with E-state index in [2.05, 4.69) is 57.4 Å². The second-order valence-corrected chi connectivity index (χ2v) is 16.2. The molecule has 3 heterocycles. The van der Waals surface area contributed by atoms with E-state index in [1.54, 1.807) is 0 Å². The lowest BCUT2D eigenvalue weighted by atomic mass is 9.94. The molecule has 2 fully saturated rings. The third-order valence-electron chi connectivity index (χ3n) is 11.7. The molecule has 2 saturated heterocycles. The minimum absolute atomic E-state index is 0.0179. The molecule has 1 aromatic heterocycles. The van der Waals surface area contributed by atoms with Crippen LogP contribution in [-0.4, -0.2) is 156 Å². The van der Waals surface area contributed by atoms with Crippen LogP contribution in [0.1, 0.15) is 70.9 Å². The molecule has 0 unspecified atom stereocenters. The molecule has 2 aliphatic heterocycles. The van der Waals surface area contributed by atoms with Gasteiger partial charge in [-0.15, -0.1) is 0 Å². The van der Waals surface area contributed by atoms with E-state index in [9.17, 15) is 19.2 Å². The van der Waals surface area contributed by atoms with Gasteiger partial charge in [-0.2, -0.15) is 0 Å². The predicted molar refractivity (Wildman–Crippen MR) is 244 cm³/mol. The molecule has 352 valence electrons. The van der Waals surface area contributed by atoms with Crippen LogP contribution in [-0.2, 0) is 51.1 Å². The molecule has 0 aliphatic carbocycles. The van der Waals surface area contributed by atoms with Crippen molar-refractivity contribution in [2.45, 2.75) is 72.5 Å². The molecule has 5 rings (SSSR count). The first-order valence-corrected chi connectivity index (χ1v) is 22.7. The molecule has 0 spiro atoms. The number of H-pyrrole nitrogens is 1. The Labute approximate surface area is 377 Å². The van der Waals surface area contributed by atoms with Gasteiger partial charge in [-0.3, -0.25) is 24.1 Å². The van der Waals surface area contributed by atoms with E-state index in [1.807, 2.05) is 37.8 Å². The molecule has 16 heteroatoms. The molecule has 0 atom stereocenters.